The van der Waals surface area contributed by atoms with Crippen LogP contribution in [-0.4, -0.2) is 38.8 Å². The Balaban J connectivity index is 1.54. The summed E-state index contributed by atoms with van der Waals surface area (Å²) in [6.07, 6.45) is 5.97. The van der Waals surface area contributed by atoms with E-state index in [0.29, 0.717) is 18.0 Å². The maximum Gasteiger partial charge on any atom is 0.234 e. The van der Waals surface area contributed by atoms with Crippen LogP contribution in [0.4, 0.5) is 0 Å². The van der Waals surface area contributed by atoms with Crippen LogP contribution in [0.25, 0.3) is 0 Å². The van der Waals surface area contributed by atoms with Gasteiger partial charge in [-0.1, -0.05) is 0 Å². The zero-order valence-electron chi connectivity index (χ0n) is 10.1. The minimum Gasteiger partial charge on any atom is -0.385 e. The Morgan fingerprint density at radius 2 is 2.19 bits per heavy atom. The van der Waals surface area contributed by atoms with Crippen LogP contribution in [0.5, 0.6) is 0 Å². The third-order valence-corrected chi connectivity index (χ3v) is 3.52. The van der Waals surface area contributed by atoms with E-state index >= 15 is 0 Å². The van der Waals surface area contributed by atoms with Gasteiger partial charge in [-0.25, -0.2) is 0 Å². The molecule has 16 heavy (non-hydrogen) atoms. The number of hydrogen-bond acceptors (Lipinski definition) is 3. The Labute approximate surface area is 97.1 Å². The zero-order valence-corrected chi connectivity index (χ0v) is 10.1. The number of carbonyl (C=O) groups excluding carboxylic acids is 1. The van der Waals surface area contributed by atoms with Crippen LogP contribution < -0.4 is 10.6 Å². The number of nitrogens with one attached hydrogen (secondary N) is 2. The van der Waals surface area contributed by atoms with E-state index in [1.807, 2.05) is 0 Å². The Kier molecular flexibility index (Phi) is 3.82. The van der Waals surface area contributed by atoms with Crippen molar-refractivity contribution < 1.29 is 9.53 Å². The highest BCUT2D eigenvalue weighted by molar-refractivity contribution is 5.78. The molecule has 2 fully saturated rings. The van der Waals surface area contributed by atoms with Gasteiger partial charge < -0.3 is 15.4 Å². The number of carbonyl (C=O) groups is 1. The summed E-state index contributed by atoms with van der Waals surface area (Å²) in [7, 11) is 1.74. The first-order valence-electron chi connectivity index (χ1n) is 6.23. The molecule has 0 aromatic heterocycles. The summed E-state index contributed by atoms with van der Waals surface area (Å²) in [5.74, 6) is 0.144. The highest BCUT2D eigenvalue weighted by Crippen LogP contribution is 2.48. The van der Waals surface area contributed by atoms with Crippen LogP contribution in [0.3, 0.4) is 0 Å². The molecular weight excluding hydrogens is 204 g/mol. The normalized spacial score (nSPS) is 21.8. The second kappa shape index (κ2) is 5.15. The fourth-order valence-corrected chi connectivity index (χ4v) is 1.96. The molecule has 2 N–H and O–H groups in total. The fraction of sp³-hybridized carbons (Fsp3) is 0.917. The Bertz CT molecular complexity index is 247. The van der Waals surface area contributed by atoms with Gasteiger partial charge in [0.2, 0.25) is 5.91 Å². The summed E-state index contributed by atoms with van der Waals surface area (Å²) in [4.78, 5) is 11.4. The molecule has 2 aliphatic rings. The molecule has 0 bridgehead atoms. The minimum atomic E-state index is 0.144. The third-order valence-electron chi connectivity index (χ3n) is 3.52. The van der Waals surface area contributed by atoms with Crippen molar-refractivity contribution >= 4 is 5.91 Å². The maximum absolute atomic E-state index is 11.4. The molecule has 0 atom stereocenters. The lowest BCUT2D eigenvalue weighted by Gasteiger charge is -2.15. The molecule has 1 amide bonds. The first kappa shape index (κ1) is 11.9. The Morgan fingerprint density at radius 1 is 1.44 bits per heavy atom. The Hall–Kier alpha value is -0.610. The van der Waals surface area contributed by atoms with E-state index < -0.39 is 0 Å². The van der Waals surface area contributed by atoms with Gasteiger partial charge in [0.1, 0.15) is 0 Å². The Morgan fingerprint density at radius 3 is 2.75 bits per heavy atom. The summed E-state index contributed by atoms with van der Waals surface area (Å²) >= 11 is 0. The van der Waals surface area contributed by atoms with Crippen LogP contribution in [-0.2, 0) is 9.53 Å². The van der Waals surface area contributed by atoms with Gasteiger partial charge in [-0.3, -0.25) is 4.79 Å². The average molecular weight is 226 g/mol. The molecule has 0 spiro atoms. The van der Waals surface area contributed by atoms with E-state index in [9.17, 15) is 4.79 Å². The molecule has 4 heteroatoms. The monoisotopic (exact) mass is 226 g/mol. The van der Waals surface area contributed by atoms with Gasteiger partial charge in [0.05, 0.1) is 6.54 Å². The molecule has 0 aromatic rings. The van der Waals surface area contributed by atoms with Crippen molar-refractivity contribution in [2.75, 3.05) is 26.8 Å². The predicted molar refractivity (Wildman–Crippen MR) is 62.2 cm³/mol. The molecule has 92 valence electrons. The van der Waals surface area contributed by atoms with Crippen LogP contribution in [0.2, 0.25) is 0 Å². The predicted octanol–water partition coefficient (Wildman–Crippen LogP) is 0.671. The number of rotatable bonds is 8. The van der Waals surface area contributed by atoms with Gasteiger partial charge in [0.25, 0.3) is 0 Å². The molecule has 4 nitrogen and oxygen atoms in total. The standard InChI is InChI=1S/C12H22N2O2/c1-16-7-6-12(4-5-12)9-13-8-11(15)14-10-2-3-10/h10,13H,2-9H2,1H3,(H,14,15). The molecule has 2 aliphatic carbocycles. The van der Waals surface area contributed by atoms with Crippen molar-refractivity contribution in [2.45, 2.75) is 38.1 Å². The zero-order chi connectivity index (χ0) is 11.4. The van der Waals surface area contributed by atoms with E-state index in [-0.39, 0.29) is 5.91 Å². The molecule has 0 radical (unpaired) electrons. The number of methoxy groups -OCH3 is 1. The SMILES string of the molecule is COCCC1(CNCC(=O)NC2CC2)CC1. The van der Waals surface area contributed by atoms with Crippen molar-refractivity contribution in [2.24, 2.45) is 5.41 Å². The van der Waals surface area contributed by atoms with Crippen LogP contribution in [0, 0.1) is 5.41 Å². The minimum absolute atomic E-state index is 0.144. The van der Waals surface area contributed by atoms with Gasteiger partial charge >= 0.3 is 0 Å². The molecule has 0 heterocycles. The molecule has 0 aliphatic heterocycles. The smallest absolute Gasteiger partial charge is 0.234 e. The highest BCUT2D eigenvalue weighted by Gasteiger charge is 2.41. The molecule has 2 rings (SSSR count). The van der Waals surface area contributed by atoms with E-state index in [2.05, 4.69) is 10.6 Å². The lowest BCUT2D eigenvalue weighted by atomic mass is 10.0. The van der Waals surface area contributed by atoms with Crippen LogP contribution in [0.1, 0.15) is 32.1 Å². The average Bonchev–Trinajstić information content (AvgIpc) is 3.13. The number of amides is 1. The lowest BCUT2D eigenvalue weighted by molar-refractivity contribution is -0.120. The van der Waals surface area contributed by atoms with Crippen LogP contribution in [0.15, 0.2) is 0 Å². The van der Waals surface area contributed by atoms with Crippen LogP contribution >= 0.6 is 0 Å². The van der Waals surface area contributed by atoms with Gasteiger partial charge in [-0.05, 0) is 37.5 Å². The quantitative estimate of drug-likeness (QED) is 0.639. The second-order valence-corrected chi connectivity index (χ2v) is 5.19. The van der Waals surface area contributed by atoms with Crippen molar-refractivity contribution in [3.63, 3.8) is 0 Å². The van der Waals surface area contributed by atoms with Crippen molar-refractivity contribution in [3.05, 3.63) is 0 Å². The maximum atomic E-state index is 11.4. The lowest BCUT2D eigenvalue weighted by Crippen LogP contribution is -2.37. The van der Waals surface area contributed by atoms with Gasteiger partial charge in [0, 0.05) is 26.3 Å². The van der Waals surface area contributed by atoms with E-state index in [4.69, 9.17) is 4.74 Å². The van der Waals surface area contributed by atoms with Crippen molar-refractivity contribution in [1.82, 2.24) is 10.6 Å². The van der Waals surface area contributed by atoms with Crippen molar-refractivity contribution in [3.8, 4) is 0 Å². The van der Waals surface area contributed by atoms with Gasteiger partial charge in [0.15, 0.2) is 0 Å². The van der Waals surface area contributed by atoms with Gasteiger partial charge in [-0.15, -0.1) is 0 Å². The highest BCUT2D eigenvalue weighted by atomic mass is 16.5. The first-order chi connectivity index (χ1) is 7.74. The van der Waals surface area contributed by atoms with Crippen molar-refractivity contribution in [1.29, 1.82) is 0 Å². The molecular formula is C12H22N2O2. The second-order valence-electron chi connectivity index (χ2n) is 5.19. The topological polar surface area (TPSA) is 50.4 Å². The molecule has 0 saturated heterocycles. The summed E-state index contributed by atoms with van der Waals surface area (Å²) in [5, 5.41) is 6.24. The molecule has 0 aromatic carbocycles. The number of ether oxygens (including phenoxy) is 1. The summed E-state index contributed by atoms with van der Waals surface area (Å²) in [6.45, 7) is 2.25. The number of hydrogen-bond donors (Lipinski definition) is 2. The summed E-state index contributed by atoms with van der Waals surface area (Å²) in [6, 6.07) is 0.470. The first-order valence-corrected chi connectivity index (χ1v) is 6.23. The van der Waals surface area contributed by atoms with E-state index in [1.165, 1.54) is 12.8 Å². The van der Waals surface area contributed by atoms with E-state index in [0.717, 1.165) is 32.4 Å². The summed E-state index contributed by atoms with van der Waals surface area (Å²) < 4.78 is 5.10. The van der Waals surface area contributed by atoms with Gasteiger partial charge in [-0.2, -0.15) is 0 Å². The molecule has 2 saturated carbocycles. The fourth-order valence-electron chi connectivity index (χ4n) is 1.96. The summed E-state index contributed by atoms with van der Waals surface area (Å²) in [5.41, 5.74) is 0.426. The molecule has 0 unspecified atom stereocenters. The largest absolute Gasteiger partial charge is 0.385 e. The van der Waals surface area contributed by atoms with E-state index in [1.54, 1.807) is 7.11 Å². The third kappa shape index (κ3) is 3.76.